The fourth-order valence-corrected chi connectivity index (χ4v) is 3.32. The number of amides is 2. The first-order chi connectivity index (χ1) is 9.30. The van der Waals surface area contributed by atoms with Crippen LogP contribution < -0.4 is 5.32 Å². The van der Waals surface area contributed by atoms with Gasteiger partial charge >= 0.3 is 5.97 Å². The Morgan fingerprint density at radius 2 is 1.70 bits per heavy atom. The van der Waals surface area contributed by atoms with Crippen LogP contribution in [0.3, 0.4) is 0 Å². The van der Waals surface area contributed by atoms with E-state index in [0.29, 0.717) is 25.9 Å². The number of carbonyl (C=O) groups excluding carboxylic acids is 2. The van der Waals surface area contributed by atoms with Crippen molar-refractivity contribution in [3.05, 3.63) is 0 Å². The second-order valence-electron chi connectivity index (χ2n) is 6.33. The molecule has 0 spiro atoms. The van der Waals surface area contributed by atoms with E-state index in [-0.39, 0.29) is 17.7 Å². The number of hydrogen-bond donors (Lipinski definition) is 2. The minimum Gasteiger partial charge on any atom is -0.481 e. The summed E-state index contributed by atoms with van der Waals surface area (Å²) in [4.78, 5) is 36.8. The molecule has 1 saturated carbocycles. The highest BCUT2D eigenvalue weighted by molar-refractivity contribution is 5.91. The van der Waals surface area contributed by atoms with E-state index in [1.54, 1.807) is 11.9 Å². The van der Waals surface area contributed by atoms with Crippen LogP contribution in [0.2, 0.25) is 0 Å². The van der Waals surface area contributed by atoms with Gasteiger partial charge < -0.3 is 15.3 Å². The molecule has 2 rings (SSSR count). The molecular weight excluding hydrogens is 260 g/mol. The zero-order valence-corrected chi connectivity index (χ0v) is 12.2. The smallest absolute Gasteiger partial charge is 0.307 e. The number of carbonyl (C=O) groups is 3. The van der Waals surface area contributed by atoms with Crippen LogP contribution in [0.1, 0.15) is 26.7 Å². The van der Waals surface area contributed by atoms with E-state index < -0.39 is 23.2 Å². The number of rotatable bonds is 3. The monoisotopic (exact) mass is 282 g/mol. The Bertz CT molecular complexity index is 438. The van der Waals surface area contributed by atoms with Gasteiger partial charge in [0, 0.05) is 26.1 Å². The van der Waals surface area contributed by atoms with Gasteiger partial charge in [-0.05, 0) is 18.3 Å². The van der Waals surface area contributed by atoms with Crippen molar-refractivity contribution in [2.24, 2.45) is 23.2 Å². The third-order valence-corrected chi connectivity index (χ3v) is 4.78. The molecule has 1 heterocycles. The molecule has 6 nitrogen and oxygen atoms in total. The molecule has 6 heteroatoms. The zero-order chi connectivity index (χ0) is 15.1. The maximum Gasteiger partial charge on any atom is 0.307 e. The summed E-state index contributed by atoms with van der Waals surface area (Å²) in [5, 5.41) is 11.8. The van der Waals surface area contributed by atoms with Gasteiger partial charge in [0.05, 0.1) is 11.8 Å². The molecule has 112 valence electrons. The van der Waals surface area contributed by atoms with Crippen LogP contribution in [-0.4, -0.2) is 47.9 Å². The number of aliphatic carboxylic acids is 1. The van der Waals surface area contributed by atoms with Gasteiger partial charge in [-0.3, -0.25) is 14.4 Å². The molecule has 1 aliphatic carbocycles. The van der Waals surface area contributed by atoms with Crippen molar-refractivity contribution >= 4 is 17.8 Å². The van der Waals surface area contributed by atoms with Crippen LogP contribution in [0.5, 0.6) is 0 Å². The highest BCUT2D eigenvalue weighted by Gasteiger charge is 2.66. The fourth-order valence-electron chi connectivity index (χ4n) is 3.32. The van der Waals surface area contributed by atoms with E-state index in [2.05, 4.69) is 5.32 Å². The van der Waals surface area contributed by atoms with E-state index in [1.165, 1.54) is 0 Å². The second-order valence-corrected chi connectivity index (χ2v) is 6.33. The standard InChI is InChI=1S/C14H22N2O4/c1-14(2)9(10(14)13(19)20)12(18)16-6-4-8(5-7-16)11(17)15-3/h8-10H,4-7H2,1-3H3,(H,15,17)(H,19,20)/t9-,10+/m1/s1. The molecular formula is C14H22N2O4. The Balaban J connectivity index is 1.93. The first kappa shape index (κ1) is 14.8. The molecule has 0 unspecified atom stereocenters. The van der Waals surface area contributed by atoms with Gasteiger partial charge in [0.2, 0.25) is 11.8 Å². The predicted molar refractivity (Wildman–Crippen MR) is 71.8 cm³/mol. The van der Waals surface area contributed by atoms with Gasteiger partial charge in [0.1, 0.15) is 0 Å². The van der Waals surface area contributed by atoms with Gasteiger partial charge in [0.25, 0.3) is 0 Å². The number of likely N-dealkylation sites (tertiary alicyclic amines) is 1. The molecule has 1 aliphatic heterocycles. The lowest BCUT2D eigenvalue weighted by Gasteiger charge is -2.31. The SMILES string of the molecule is CNC(=O)C1CCN(C(=O)[C@H]2[C@@H](C(=O)O)C2(C)C)CC1. The normalized spacial score (nSPS) is 28.9. The van der Waals surface area contributed by atoms with Gasteiger partial charge in [0.15, 0.2) is 0 Å². The zero-order valence-electron chi connectivity index (χ0n) is 12.2. The van der Waals surface area contributed by atoms with Gasteiger partial charge in [-0.1, -0.05) is 13.8 Å². The van der Waals surface area contributed by atoms with Crippen molar-refractivity contribution in [1.82, 2.24) is 10.2 Å². The van der Waals surface area contributed by atoms with Crippen LogP contribution in [-0.2, 0) is 14.4 Å². The largest absolute Gasteiger partial charge is 0.481 e. The molecule has 2 amide bonds. The molecule has 0 bridgehead atoms. The Labute approximate surface area is 118 Å². The predicted octanol–water partition coefficient (Wildman–Crippen LogP) is 0.328. The minimum atomic E-state index is -0.895. The van der Waals surface area contributed by atoms with Gasteiger partial charge in [-0.2, -0.15) is 0 Å². The summed E-state index contributed by atoms with van der Waals surface area (Å²) >= 11 is 0. The molecule has 0 aromatic carbocycles. The van der Waals surface area contributed by atoms with Crippen molar-refractivity contribution in [3.8, 4) is 0 Å². The van der Waals surface area contributed by atoms with E-state index in [0.717, 1.165) is 0 Å². The average molecular weight is 282 g/mol. The first-order valence-corrected chi connectivity index (χ1v) is 7.04. The Kier molecular flexibility index (Phi) is 3.75. The molecule has 2 N–H and O–H groups in total. The number of carboxylic acids is 1. The highest BCUT2D eigenvalue weighted by atomic mass is 16.4. The second kappa shape index (κ2) is 5.07. The fraction of sp³-hybridized carbons (Fsp3) is 0.786. The molecule has 2 aliphatic rings. The maximum atomic E-state index is 12.4. The molecule has 2 atom stereocenters. The Morgan fingerprint density at radius 3 is 2.10 bits per heavy atom. The number of nitrogens with one attached hydrogen (secondary N) is 1. The lowest BCUT2D eigenvalue weighted by Crippen LogP contribution is -2.43. The molecule has 1 saturated heterocycles. The molecule has 20 heavy (non-hydrogen) atoms. The third kappa shape index (κ3) is 2.39. The number of nitrogens with zero attached hydrogens (tertiary/aromatic N) is 1. The molecule has 0 aromatic heterocycles. The summed E-state index contributed by atoms with van der Waals surface area (Å²) in [6, 6.07) is 0. The minimum absolute atomic E-state index is 0.0206. The van der Waals surface area contributed by atoms with E-state index >= 15 is 0 Å². The van der Waals surface area contributed by atoms with Crippen LogP contribution in [0, 0.1) is 23.2 Å². The van der Waals surface area contributed by atoms with E-state index in [9.17, 15) is 14.4 Å². The van der Waals surface area contributed by atoms with Crippen LogP contribution in [0.25, 0.3) is 0 Å². The highest BCUT2D eigenvalue weighted by Crippen LogP contribution is 2.59. The summed E-state index contributed by atoms with van der Waals surface area (Å²) in [6.07, 6.45) is 1.30. The lowest BCUT2D eigenvalue weighted by atomic mass is 9.95. The summed E-state index contributed by atoms with van der Waals surface area (Å²) in [5.41, 5.74) is -0.458. The Morgan fingerprint density at radius 1 is 1.15 bits per heavy atom. The molecule has 0 radical (unpaired) electrons. The molecule has 2 fully saturated rings. The quantitative estimate of drug-likeness (QED) is 0.781. The van der Waals surface area contributed by atoms with Crippen molar-refractivity contribution < 1.29 is 19.5 Å². The molecule has 0 aromatic rings. The lowest BCUT2D eigenvalue weighted by molar-refractivity contribution is -0.142. The van der Waals surface area contributed by atoms with Crippen molar-refractivity contribution in [2.45, 2.75) is 26.7 Å². The third-order valence-electron chi connectivity index (χ3n) is 4.78. The van der Waals surface area contributed by atoms with Crippen molar-refractivity contribution in [2.75, 3.05) is 20.1 Å². The van der Waals surface area contributed by atoms with Crippen LogP contribution in [0.4, 0.5) is 0 Å². The van der Waals surface area contributed by atoms with Crippen LogP contribution >= 0.6 is 0 Å². The summed E-state index contributed by atoms with van der Waals surface area (Å²) in [6.45, 7) is 4.73. The number of carboxylic acid groups (broad SMARTS) is 1. The van der Waals surface area contributed by atoms with Gasteiger partial charge in [-0.25, -0.2) is 0 Å². The topological polar surface area (TPSA) is 86.7 Å². The summed E-state index contributed by atoms with van der Waals surface area (Å²) < 4.78 is 0. The first-order valence-electron chi connectivity index (χ1n) is 7.04. The maximum absolute atomic E-state index is 12.4. The summed E-state index contributed by atoms with van der Waals surface area (Å²) in [5.74, 6) is -1.98. The average Bonchev–Trinajstić information content (AvgIpc) is 3.00. The van der Waals surface area contributed by atoms with Crippen molar-refractivity contribution in [1.29, 1.82) is 0 Å². The van der Waals surface area contributed by atoms with E-state index in [1.807, 2.05) is 13.8 Å². The Hall–Kier alpha value is -1.59. The van der Waals surface area contributed by atoms with Gasteiger partial charge in [-0.15, -0.1) is 0 Å². The van der Waals surface area contributed by atoms with Crippen LogP contribution in [0.15, 0.2) is 0 Å². The number of piperidine rings is 1. The van der Waals surface area contributed by atoms with Crippen molar-refractivity contribution in [3.63, 3.8) is 0 Å². The van der Waals surface area contributed by atoms with E-state index in [4.69, 9.17) is 5.11 Å². The number of hydrogen-bond acceptors (Lipinski definition) is 3. The summed E-state index contributed by atoms with van der Waals surface area (Å²) in [7, 11) is 1.62.